The molecule has 1 saturated heterocycles. The molecule has 70 valence electrons. The number of nitrogens with one attached hydrogen (secondary N) is 2. The number of likely N-dealkylation sites (N-methyl/N-ethyl adjacent to an activating group) is 1. The summed E-state index contributed by atoms with van der Waals surface area (Å²) in [5, 5.41) is 3.01. The predicted octanol–water partition coefficient (Wildman–Crippen LogP) is -1.10. The lowest BCUT2D eigenvalue weighted by Gasteiger charge is -2.14. The number of ether oxygens (including phenoxy) is 1. The normalized spacial score (nSPS) is 28.8. The van der Waals surface area contributed by atoms with Crippen LogP contribution in [0.3, 0.4) is 0 Å². The molecule has 5 heteroatoms. The Morgan fingerprint density at radius 2 is 2.33 bits per heavy atom. The van der Waals surface area contributed by atoms with Crippen LogP contribution in [0.2, 0.25) is 0 Å². The third-order valence-corrected chi connectivity index (χ3v) is 1.99. The number of rotatable bonds is 3. The molecule has 2 unspecified atom stereocenters. The molecule has 1 aliphatic heterocycles. The van der Waals surface area contributed by atoms with E-state index in [9.17, 15) is 4.79 Å². The SMILES string of the molecule is CNC1COCC1C(=O)NOC. The molecule has 1 fully saturated rings. The van der Waals surface area contributed by atoms with E-state index in [2.05, 4.69) is 15.6 Å². The van der Waals surface area contributed by atoms with E-state index in [1.165, 1.54) is 7.11 Å². The minimum absolute atomic E-state index is 0.0974. The molecule has 2 N–H and O–H groups in total. The molecule has 0 spiro atoms. The lowest BCUT2D eigenvalue weighted by Crippen LogP contribution is -2.42. The van der Waals surface area contributed by atoms with Gasteiger partial charge in [0.1, 0.15) is 0 Å². The van der Waals surface area contributed by atoms with Gasteiger partial charge in [-0.2, -0.15) is 0 Å². The maximum absolute atomic E-state index is 11.3. The molecule has 1 amide bonds. The topological polar surface area (TPSA) is 59.6 Å². The molecule has 0 radical (unpaired) electrons. The second kappa shape index (κ2) is 4.39. The van der Waals surface area contributed by atoms with Crippen LogP contribution >= 0.6 is 0 Å². The van der Waals surface area contributed by atoms with Gasteiger partial charge in [-0.25, -0.2) is 5.48 Å². The van der Waals surface area contributed by atoms with Gasteiger partial charge in [0.15, 0.2) is 0 Å². The number of carbonyl (C=O) groups excluding carboxylic acids is 1. The molecule has 0 aliphatic carbocycles. The lowest BCUT2D eigenvalue weighted by atomic mass is 10.0. The number of carbonyl (C=O) groups is 1. The van der Waals surface area contributed by atoms with Gasteiger partial charge in [-0.1, -0.05) is 0 Å². The zero-order chi connectivity index (χ0) is 8.97. The average molecular weight is 174 g/mol. The van der Waals surface area contributed by atoms with Crippen LogP contribution in [0.1, 0.15) is 0 Å². The van der Waals surface area contributed by atoms with Crippen molar-refractivity contribution in [3.8, 4) is 0 Å². The average Bonchev–Trinajstić information content (AvgIpc) is 2.51. The first-order chi connectivity index (χ1) is 5.79. The largest absolute Gasteiger partial charge is 0.379 e. The molecule has 5 nitrogen and oxygen atoms in total. The third-order valence-electron chi connectivity index (χ3n) is 1.99. The van der Waals surface area contributed by atoms with Crippen molar-refractivity contribution in [1.29, 1.82) is 0 Å². The van der Waals surface area contributed by atoms with Crippen molar-refractivity contribution in [3.05, 3.63) is 0 Å². The number of hydrogen-bond donors (Lipinski definition) is 2. The van der Waals surface area contributed by atoms with Crippen molar-refractivity contribution in [3.63, 3.8) is 0 Å². The van der Waals surface area contributed by atoms with Crippen LogP contribution in [-0.2, 0) is 14.4 Å². The van der Waals surface area contributed by atoms with Crippen LogP contribution < -0.4 is 10.8 Å². The van der Waals surface area contributed by atoms with E-state index in [-0.39, 0.29) is 17.9 Å². The van der Waals surface area contributed by atoms with Crippen LogP contribution in [0.25, 0.3) is 0 Å². The van der Waals surface area contributed by atoms with Crippen molar-refractivity contribution in [2.24, 2.45) is 5.92 Å². The summed E-state index contributed by atoms with van der Waals surface area (Å²) in [6, 6.07) is 0.0974. The minimum Gasteiger partial charge on any atom is -0.379 e. The van der Waals surface area contributed by atoms with Crippen LogP contribution in [0.4, 0.5) is 0 Å². The maximum Gasteiger partial charge on any atom is 0.250 e. The number of hydroxylamine groups is 1. The molecular formula is C7H14N2O3. The molecule has 2 atom stereocenters. The predicted molar refractivity (Wildman–Crippen MR) is 42.3 cm³/mol. The lowest BCUT2D eigenvalue weighted by molar-refractivity contribution is -0.135. The van der Waals surface area contributed by atoms with Crippen molar-refractivity contribution in [1.82, 2.24) is 10.8 Å². The van der Waals surface area contributed by atoms with Crippen LogP contribution in [0.15, 0.2) is 0 Å². The Morgan fingerprint density at radius 3 is 2.92 bits per heavy atom. The summed E-state index contributed by atoms with van der Waals surface area (Å²) >= 11 is 0. The Labute approximate surface area is 71.4 Å². The van der Waals surface area contributed by atoms with Crippen molar-refractivity contribution in [2.75, 3.05) is 27.4 Å². The fourth-order valence-corrected chi connectivity index (χ4v) is 1.27. The van der Waals surface area contributed by atoms with Gasteiger partial charge >= 0.3 is 0 Å². The van der Waals surface area contributed by atoms with Crippen molar-refractivity contribution < 1.29 is 14.4 Å². The van der Waals surface area contributed by atoms with Gasteiger partial charge in [0, 0.05) is 6.04 Å². The van der Waals surface area contributed by atoms with Gasteiger partial charge in [0.25, 0.3) is 5.91 Å². The molecule has 0 bridgehead atoms. The fraction of sp³-hybridized carbons (Fsp3) is 0.857. The summed E-state index contributed by atoms with van der Waals surface area (Å²) in [4.78, 5) is 15.8. The zero-order valence-electron chi connectivity index (χ0n) is 7.29. The highest BCUT2D eigenvalue weighted by molar-refractivity contribution is 5.78. The molecule has 0 aromatic heterocycles. The summed E-state index contributed by atoms with van der Waals surface area (Å²) in [6.45, 7) is 1.04. The van der Waals surface area contributed by atoms with E-state index < -0.39 is 0 Å². The third kappa shape index (κ3) is 1.94. The molecule has 1 aliphatic rings. The first-order valence-electron chi connectivity index (χ1n) is 3.87. The zero-order valence-corrected chi connectivity index (χ0v) is 7.29. The molecule has 1 heterocycles. The molecule has 1 rings (SSSR count). The van der Waals surface area contributed by atoms with Gasteiger partial charge in [-0.3, -0.25) is 9.63 Å². The molecular weight excluding hydrogens is 160 g/mol. The second-order valence-electron chi connectivity index (χ2n) is 2.71. The van der Waals surface area contributed by atoms with Crippen molar-refractivity contribution >= 4 is 5.91 Å². The van der Waals surface area contributed by atoms with E-state index in [0.717, 1.165) is 0 Å². The first kappa shape index (κ1) is 9.44. The highest BCUT2D eigenvalue weighted by Crippen LogP contribution is 2.12. The Balaban J connectivity index is 2.43. The summed E-state index contributed by atoms with van der Waals surface area (Å²) < 4.78 is 5.15. The van der Waals surface area contributed by atoms with Crippen LogP contribution in [-0.4, -0.2) is 39.3 Å². The minimum atomic E-state index is -0.144. The van der Waals surface area contributed by atoms with Crippen LogP contribution in [0, 0.1) is 5.92 Å². The first-order valence-corrected chi connectivity index (χ1v) is 3.87. The highest BCUT2D eigenvalue weighted by Gasteiger charge is 2.32. The standard InChI is InChI=1S/C7H14N2O3/c1-8-6-4-12-3-5(6)7(10)9-11-2/h5-6,8H,3-4H2,1-2H3,(H,9,10). The Kier molecular flexibility index (Phi) is 3.46. The summed E-state index contributed by atoms with van der Waals surface area (Å²) in [6.07, 6.45) is 0. The Hall–Kier alpha value is -0.650. The van der Waals surface area contributed by atoms with E-state index in [1.807, 2.05) is 7.05 Å². The van der Waals surface area contributed by atoms with Gasteiger partial charge < -0.3 is 10.1 Å². The van der Waals surface area contributed by atoms with E-state index in [0.29, 0.717) is 13.2 Å². The van der Waals surface area contributed by atoms with E-state index in [1.54, 1.807) is 0 Å². The second-order valence-corrected chi connectivity index (χ2v) is 2.71. The molecule has 0 aromatic carbocycles. The molecule has 0 saturated carbocycles. The van der Waals surface area contributed by atoms with Gasteiger partial charge in [0.2, 0.25) is 0 Å². The monoisotopic (exact) mass is 174 g/mol. The van der Waals surface area contributed by atoms with Gasteiger partial charge in [-0.05, 0) is 7.05 Å². The number of amides is 1. The van der Waals surface area contributed by atoms with Crippen molar-refractivity contribution in [2.45, 2.75) is 6.04 Å². The summed E-state index contributed by atoms with van der Waals surface area (Å²) in [7, 11) is 3.23. The highest BCUT2D eigenvalue weighted by atomic mass is 16.6. The maximum atomic E-state index is 11.3. The van der Waals surface area contributed by atoms with E-state index >= 15 is 0 Å². The van der Waals surface area contributed by atoms with Crippen LogP contribution in [0.5, 0.6) is 0 Å². The van der Waals surface area contributed by atoms with Gasteiger partial charge in [-0.15, -0.1) is 0 Å². The fourth-order valence-electron chi connectivity index (χ4n) is 1.27. The quantitative estimate of drug-likeness (QED) is 0.533. The molecule has 12 heavy (non-hydrogen) atoms. The number of hydrogen-bond acceptors (Lipinski definition) is 4. The summed E-state index contributed by atoms with van der Waals surface area (Å²) in [5.41, 5.74) is 2.29. The summed E-state index contributed by atoms with van der Waals surface area (Å²) in [5.74, 6) is -0.274. The smallest absolute Gasteiger partial charge is 0.250 e. The van der Waals surface area contributed by atoms with E-state index in [4.69, 9.17) is 4.74 Å². The van der Waals surface area contributed by atoms with Gasteiger partial charge in [0.05, 0.1) is 26.2 Å². The Morgan fingerprint density at radius 1 is 1.58 bits per heavy atom. The molecule has 0 aromatic rings. The Bertz CT molecular complexity index is 163.